The van der Waals surface area contributed by atoms with Crippen LogP contribution in [0.25, 0.3) is 44.1 Å². The highest BCUT2D eigenvalue weighted by Crippen LogP contribution is 2.37. The lowest BCUT2D eigenvalue weighted by Gasteiger charge is -2.13. The lowest BCUT2D eigenvalue weighted by Crippen LogP contribution is -1.95. The molecule has 2 nitrogen and oxygen atoms in total. The molecule has 0 N–H and O–H groups in total. The second kappa shape index (κ2) is 8.00. The largest absolute Gasteiger partial charge is 0.494 e. The van der Waals surface area contributed by atoms with E-state index in [2.05, 4.69) is 97.9 Å². The van der Waals surface area contributed by atoms with Gasteiger partial charge in [0.15, 0.2) is 0 Å². The number of pyridine rings is 1. The van der Waals surface area contributed by atoms with Crippen molar-refractivity contribution in [1.82, 2.24) is 4.98 Å². The Kier molecular flexibility index (Phi) is 4.90. The van der Waals surface area contributed by atoms with Gasteiger partial charge in [0.1, 0.15) is 5.75 Å². The third kappa shape index (κ3) is 3.42. The molecule has 1 aromatic heterocycles. The van der Waals surface area contributed by atoms with Crippen LogP contribution in [0.4, 0.5) is 0 Å². The first-order chi connectivity index (χ1) is 14.8. The Morgan fingerprint density at radius 1 is 0.733 bits per heavy atom. The summed E-state index contributed by atoms with van der Waals surface area (Å²) in [4.78, 5) is 5.02. The number of hydrogen-bond donors (Lipinski definition) is 0. The van der Waals surface area contributed by atoms with E-state index in [0.717, 1.165) is 35.6 Å². The van der Waals surface area contributed by atoms with Crippen molar-refractivity contribution in [3.05, 3.63) is 97.1 Å². The summed E-state index contributed by atoms with van der Waals surface area (Å²) in [7, 11) is 0. The van der Waals surface area contributed by atoms with Crippen LogP contribution in [-0.2, 0) is 0 Å². The number of aromatic nitrogens is 1. The molecule has 2 heteroatoms. The Balaban J connectivity index is 1.76. The van der Waals surface area contributed by atoms with Gasteiger partial charge in [-0.3, -0.25) is 0 Å². The van der Waals surface area contributed by atoms with Gasteiger partial charge in [0.2, 0.25) is 0 Å². The minimum atomic E-state index is 0.736. The minimum Gasteiger partial charge on any atom is -0.494 e. The number of benzene rings is 4. The van der Waals surface area contributed by atoms with Gasteiger partial charge in [0.05, 0.1) is 17.8 Å². The zero-order chi connectivity index (χ0) is 20.3. The van der Waals surface area contributed by atoms with Crippen molar-refractivity contribution >= 4 is 21.7 Å². The predicted molar refractivity (Wildman–Crippen MR) is 126 cm³/mol. The monoisotopic (exact) mass is 389 g/mol. The molecule has 0 aliphatic heterocycles. The third-order valence-corrected chi connectivity index (χ3v) is 5.41. The van der Waals surface area contributed by atoms with Crippen molar-refractivity contribution in [3.8, 4) is 28.1 Å². The Morgan fingerprint density at radius 3 is 2.30 bits per heavy atom. The van der Waals surface area contributed by atoms with E-state index in [4.69, 9.17) is 9.72 Å². The van der Waals surface area contributed by atoms with Crippen molar-refractivity contribution in [2.75, 3.05) is 6.61 Å². The van der Waals surface area contributed by atoms with Crippen LogP contribution in [0.3, 0.4) is 0 Å². The average Bonchev–Trinajstić information content (AvgIpc) is 2.83. The molecular weight excluding hydrogens is 366 g/mol. The highest BCUT2D eigenvalue weighted by Gasteiger charge is 2.12. The second-order valence-electron chi connectivity index (χ2n) is 7.47. The van der Waals surface area contributed by atoms with Crippen LogP contribution in [0.2, 0.25) is 0 Å². The molecule has 30 heavy (non-hydrogen) atoms. The number of fused-ring (bicyclic) bond motifs is 3. The van der Waals surface area contributed by atoms with Gasteiger partial charge in [0.25, 0.3) is 0 Å². The van der Waals surface area contributed by atoms with Crippen LogP contribution >= 0.6 is 0 Å². The van der Waals surface area contributed by atoms with E-state index >= 15 is 0 Å². The van der Waals surface area contributed by atoms with E-state index in [-0.39, 0.29) is 0 Å². The van der Waals surface area contributed by atoms with Crippen LogP contribution in [0.5, 0.6) is 5.75 Å². The van der Waals surface area contributed by atoms with Crippen LogP contribution in [0.15, 0.2) is 97.1 Å². The molecule has 5 aromatic rings. The molecule has 146 valence electrons. The molecule has 0 aliphatic rings. The molecule has 1 heterocycles. The second-order valence-corrected chi connectivity index (χ2v) is 7.47. The summed E-state index contributed by atoms with van der Waals surface area (Å²) in [6.07, 6.45) is 1.00. The quantitative estimate of drug-likeness (QED) is 0.290. The number of ether oxygens (including phenoxy) is 1. The fraction of sp³-hybridized carbons (Fsp3) is 0.107. The first kappa shape index (κ1) is 18.4. The summed E-state index contributed by atoms with van der Waals surface area (Å²) in [6.45, 7) is 2.86. The summed E-state index contributed by atoms with van der Waals surface area (Å²) in [5.41, 5.74) is 5.48. The summed E-state index contributed by atoms with van der Waals surface area (Å²) in [6, 6.07) is 33.8. The lowest BCUT2D eigenvalue weighted by atomic mass is 9.94. The molecule has 0 bridgehead atoms. The molecule has 0 aliphatic carbocycles. The van der Waals surface area contributed by atoms with Crippen molar-refractivity contribution in [3.63, 3.8) is 0 Å². The van der Waals surface area contributed by atoms with Crippen LogP contribution in [0, 0.1) is 0 Å². The van der Waals surface area contributed by atoms with Crippen molar-refractivity contribution in [2.45, 2.75) is 13.3 Å². The van der Waals surface area contributed by atoms with Crippen molar-refractivity contribution in [2.24, 2.45) is 0 Å². The molecule has 0 amide bonds. The van der Waals surface area contributed by atoms with Gasteiger partial charge in [0, 0.05) is 10.9 Å². The Hall–Kier alpha value is -3.65. The van der Waals surface area contributed by atoms with Gasteiger partial charge >= 0.3 is 0 Å². The minimum absolute atomic E-state index is 0.736. The molecule has 0 spiro atoms. The maximum absolute atomic E-state index is 5.78. The van der Waals surface area contributed by atoms with Gasteiger partial charge < -0.3 is 4.74 Å². The predicted octanol–water partition coefficient (Wildman–Crippen LogP) is 7.51. The third-order valence-electron chi connectivity index (χ3n) is 5.41. The fourth-order valence-corrected chi connectivity index (χ4v) is 3.94. The zero-order valence-electron chi connectivity index (χ0n) is 17.0. The molecule has 0 saturated heterocycles. The summed E-state index contributed by atoms with van der Waals surface area (Å²) in [5.74, 6) is 0.909. The Morgan fingerprint density at radius 2 is 1.50 bits per heavy atom. The molecule has 0 unspecified atom stereocenters. The van der Waals surface area contributed by atoms with E-state index < -0.39 is 0 Å². The fourth-order valence-electron chi connectivity index (χ4n) is 3.94. The first-order valence-corrected chi connectivity index (χ1v) is 10.4. The molecule has 4 aromatic carbocycles. The van der Waals surface area contributed by atoms with Gasteiger partial charge in [-0.1, -0.05) is 79.7 Å². The van der Waals surface area contributed by atoms with Gasteiger partial charge in [-0.2, -0.15) is 0 Å². The summed E-state index contributed by atoms with van der Waals surface area (Å²) in [5, 5.41) is 3.64. The number of nitrogens with zero attached hydrogens (tertiary/aromatic N) is 1. The molecule has 5 rings (SSSR count). The molecule has 0 atom stereocenters. The van der Waals surface area contributed by atoms with Gasteiger partial charge in [-0.15, -0.1) is 0 Å². The zero-order valence-corrected chi connectivity index (χ0v) is 17.0. The van der Waals surface area contributed by atoms with Gasteiger partial charge in [-0.05, 0) is 52.6 Å². The van der Waals surface area contributed by atoms with Gasteiger partial charge in [-0.25, -0.2) is 4.98 Å². The molecule has 0 saturated carbocycles. The maximum atomic E-state index is 5.78. The highest BCUT2D eigenvalue weighted by atomic mass is 16.5. The first-order valence-electron chi connectivity index (χ1n) is 10.4. The summed E-state index contributed by atoms with van der Waals surface area (Å²) < 4.78 is 5.78. The van der Waals surface area contributed by atoms with Crippen LogP contribution < -0.4 is 4.74 Å². The molecule has 0 fully saturated rings. The van der Waals surface area contributed by atoms with E-state index in [1.54, 1.807) is 0 Å². The standard InChI is InChI=1S/C28H23NO/c1-2-18-30-23-15-12-21(13-16-23)25-19-27(22-9-4-3-5-10-22)29-26-17-14-20-8-6-7-11-24(20)28(25)26/h3-17,19H,2,18H2,1H3. The van der Waals surface area contributed by atoms with Crippen LogP contribution in [-0.4, -0.2) is 11.6 Å². The molecule has 0 radical (unpaired) electrons. The Labute approximate surface area is 176 Å². The maximum Gasteiger partial charge on any atom is 0.119 e. The average molecular weight is 389 g/mol. The Bertz CT molecular complexity index is 1310. The van der Waals surface area contributed by atoms with Crippen molar-refractivity contribution < 1.29 is 4.74 Å². The number of hydrogen-bond acceptors (Lipinski definition) is 2. The lowest BCUT2D eigenvalue weighted by molar-refractivity contribution is 0.317. The van der Waals surface area contributed by atoms with E-state index in [0.29, 0.717) is 0 Å². The number of rotatable bonds is 5. The smallest absolute Gasteiger partial charge is 0.119 e. The van der Waals surface area contributed by atoms with Crippen LogP contribution in [0.1, 0.15) is 13.3 Å². The van der Waals surface area contributed by atoms with E-state index in [9.17, 15) is 0 Å². The van der Waals surface area contributed by atoms with E-state index in [1.807, 2.05) is 6.07 Å². The van der Waals surface area contributed by atoms with E-state index in [1.165, 1.54) is 27.3 Å². The molecular formula is C28H23NO. The SMILES string of the molecule is CCCOc1ccc(-c2cc(-c3ccccc3)nc3ccc4ccccc4c23)cc1. The van der Waals surface area contributed by atoms with Crippen molar-refractivity contribution in [1.29, 1.82) is 0 Å². The topological polar surface area (TPSA) is 22.1 Å². The normalized spacial score (nSPS) is 11.1. The summed E-state index contributed by atoms with van der Waals surface area (Å²) >= 11 is 0. The highest BCUT2D eigenvalue weighted by molar-refractivity contribution is 6.13.